The van der Waals surface area contributed by atoms with Crippen molar-refractivity contribution < 1.29 is 0 Å². The van der Waals surface area contributed by atoms with Crippen LogP contribution in [0.3, 0.4) is 0 Å². The van der Waals surface area contributed by atoms with Crippen LogP contribution in [0.25, 0.3) is 0 Å². The third kappa shape index (κ3) is 5.56. The molecule has 1 N–H and O–H groups in total. The Bertz CT molecular complexity index is 222. The maximum atomic E-state index is 3.83. The lowest BCUT2D eigenvalue weighted by Crippen LogP contribution is -2.39. The summed E-state index contributed by atoms with van der Waals surface area (Å²) < 4.78 is 0. The molecule has 18 heavy (non-hydrogen) atoms. The molecular formula is C17H33N. The zero-order valence-corrected chi connectivity index (χ0v) is 12.8. The van der Waals surface area contributed by atoms with Crippen molar-refractivity contribution in [2.75, 3.05) is 6.54 Å². The van der Waals surface area contributed by atoms with E-state index in [9.17, 15) is 0 Å². The van der Waals surface area contributed by atoms with Gasteiger partial charge in [-0.05, 0) is 69.2 Å². The van der Waals surface area contributed by atoms with Gasteiger partial charge in [-0.3, -0.25) is 0 Å². The predicted octanol–water partition coefficient (Wildman–Crippen LogP) is 4.93. The predicted molar refractivity (Wildman–Crippen MR) is 81.9 cm³/mol. The molecule has 0 aromatic heterocycles. The highest BCUT2D eigenvalue weighted by atomic mass is 14.9. The van der Waals surface area contributed by atoms with Crippen LogP contribution in [0.1, 0.15) is 72.1 Å². The average Bonchev–Trinajstić information content (AvgIpc) is 2.34. The number of nitrogens with one attached hydrogen (secondary N) is 1. The number of hydrogen-bond donors (Lipinski definition) is 1. The Morgan fingerprint density at radius 1 is 1.33 bits per heavy atom. The molecule has 0 spiro atoms. The van der Waals surface area contributed by atoms with E-state index in [1.807, 2.05) is 0 Å². The zero-order valence-electron chi connectivity index (χ0n) is 12.8. The molecule has 1 nitrogen and oxygen atoms in total. The summed E-state index contributed by atoms with van der Waals surface area (Å²) in [6.45, 7) is 12.1. The molecule has 1 fully saturated rings. The highest BCUT2D eigenvalue weighted by molar-refractivity contribution is 4.85. The molecule has 1 rings (SSSR count). The first-order chi connectivity index (χ1) is 8.59. The van der Waals surface area contributed by atoms with E-state index in [2.05, 4.69) is 38.7 Å². The van der Waals surface area contributed by atoms with Crippen molar-refractivity contribution in [3.05, 3.63) is 12.7 Å². The van der Waals surface area contributed by atoms with Gasteiger partial charge in [0.05, 0.1) is 0 Å². The van der Waals surface area contributed by atoms with Crippen molar-refractivity contribution >= 4 is 0 Å². The van der Waals surface area contributed by atoms with Gasteiger partial charge >= 0.3 is 0 Å². The van der Waals surface area contributed by atoms with E-state index in [0.29, 0.717) is 5.41 Å². The van der Waals surface area contributed by atoms with Crippen LogP contribution in [0.5, 0.6) is 0 Å². The monoisotopic (exact) mass is 251 g/mol. The second kappa shape index (κ2) is 7.99. The maximum absolute atomic E-state index is 3.83. The standard InChI is InChI=1S/C17H33N/c1-5-7-8-9-16(18-14-6-2)15-10-12-17(3,4)13-11-15/h5,15-16,18H,1,6-14H2,2-4H3. The van der Waals surface area contributed by atoms with Crippen molar-refractivity contribution in [2.24, 2.45) is 11.3 Å². The molecule has 1 heteroatoms. The van der Waals surface area contributed by atoms with Crippen molar-refractivity contribution in [2.45, 2.75) is 78.2 Å². The Labute approximate surface area is 114 Å². The quantitative estimate of drug-likeness (QED) is 0.476. The van der Waals surface area contributed by atoms with Crippen LogP contribution >= 0.6 is 0 Å². The van der Waals surface area contributed by atoms with Crippen LogP contribution in [-0.4, -0.2) is 12.6 Å². The summed E-state index contributed by atoms with van der Waals surface area (Å²) in [4.78, 5) is 0. The molecule has 106 valence electrons. The minimum atomic E-state index is 0.590. The van der Waals surface area contributed by atoms with Gasteiger partial charge in [-0.2, -0.15) is 0 Å². The van der Waals surface area contributed by atoms with Crippen LogP contribution < -0.4 is 5.32 Å². The minimum absolute atomic E-state index is 0.590. The van der Waals surface area contributed by atoms with E-state index in [1.54, 1.807) is 0 Å². The molecule has 1 aliphatic carbocycles. The molecule has 0 aliphatic heterocycles. The lowest BCUT2D eigenvalue weighted by atomic mass is 9.70. The van der Waals surface area contributed by atoms with E-state index < -0.39 is 0 Å². The third-order valence-electron chi connectivity index (χ3n) is 4.53. The molecule has 1 atom stereocenters. The summed E-state index contributed by atoms with van der Waals surface area (Å²) in [6.07, 6.45) is 12.7. The fourth-order valence-corrected chi connectivity index (χ4v) is 3.14. The summed E-state index contributed by atoms with van der Waals surface area (Å²) in [5, 5.41) is 3.79. The van der Waals surface area contributed by atoms with E-state index in [-0.39, 0.29) is 0 Å². The first-order valence-corrected chi connectivity index (χ1v) is 7.93. The van der Waals surface area contributed by atoms with Gasteiger partial charge in [0.25, 0.3) is 0 Å². The lowest BCUT2D eigenvalue weighted by Gasteiger charge is -2.38. The van der Waals surface area contributed by atoms with Gasteiger partial charge in [-0.15, -0.1) is 6.58 Å². The third-order valence-corrected chi connectivity index (χ3v) is 4.53. The Hall–Kier alpha value is -0.300. The summed E-state index contributed by atoms with van der Waals surface area (Å²) in [6, 6.07) is 0.751. The number of unbranched alkanes of at least 4 members (excludes halogenated alkanes) is 1. The smallest absolute Gasteiger partial charge is 0.00954 e. The number of rotatable bonds is 8. The van der Waals surface area contributed by atoms with Crippen LogP contribution in [0.2, 0.25) is 0 Å². The Morgan fingerprint density at radius 3 is 2.56 bits per heavy atom. The fraction of sp³-hybridized carbons (Fsp3) is 0.882. The number of hydrogen-bond acceptors (Lipinski definition) is 1. The molecular weight excluding hydrogens is 218 g/mol. The second-order valence-corrected chi connectivity index (χ2v) is 6.78. The molecule has 0 saturated heterocycles. The zero-order chi connectivity index (χ0) is 13.4. The topological polar surface area (TPSA) is 12.0 Å². The number of allylic oxidation sites excluding steroid dienone is 1. The van der Waals surface area contributed by atoms with Crippen molar-refractivity contribution in [1.29, 1.82) is 0 Å². The summed E-state index contributed by atoms with van der Waals surface area (Å²) in [5.74, 6) is 0.911. The molecule has 0 aromatic rings. The lowest BCUT2D eigenvalue weighted by molar-refractivity contribution is 0.156. The Balaban J connectivity index is 2.40. The van der Waals surface area contributed by atoms with E-state index in [4.69, 9.17) is 0 Å². The largest absolute Gasteiger partial charge is 0.314 e. The molecule has 0 aromatic carbocycles. The van der Waals surface area contributed by atoms with Crippen molar-refractivity contribution in [3.8, 4) is 0 Å². The van der Waals surface area contributed by atoms with E-state index in [0.717, 1.165) is 12.0 Å². The summed E-state index contributed by atoms with van der Waals surface area (Å²) in [5.41, 5.74) is 0.590. The molecule has 1 saturated carbocycles. The van der Waals surface area contributed by atoms with Gasteiger partial charge in [-0.1, -0.05) is 26.8 Å². The van der Waals surface area contributed by atoms with Crippen molar-refractivity contribution in [1.82, 2.24) is 5.32 Å². The summed E-state index contributed by atoms with van der Waals surface area (Å²) >= 11 is 0. The van der Waals surface area contributed by atoms with Crippen LogP contribution in [0, 0.1) is 11.3 Å². The fourth-order valence-electron chi connectivity index (χ4n) is 3.14. The molecule has 0 radical (unpaired) electrons. The molecule has 1 aliphatic rings. The molecule has 0 bridgehead atoms. The van der Waals surface area contributed by atoms with Gasteiger partial charge in [-0.25, -0.2) is 0 Å². The highest BCUT2D eigenvalue weighted by Crippen LogP contribution is 2.39. The van der Waals surface area contributed by atoms with Gasteiger partial charge in [0, 0.05) is 6.04 Å². The molecule has 0 amide bonds. The van der Waals surface area contributed by atoms with Crippen LogP contribution in [0.4, 0.5) is 0 Å². The maximum Gasteiger partial charge on any atom is 0.00954 e. The first kappa shape index (κ1) is 15.8. The summed E-state index contributed by atoms with van der Waals surface area (Å²) in [7, 11) is 0. The molecule has 1 unspecified atom stereocenters. The van der Waals surface area contributed by atoms with Crippen molar-refractivity contribution in [3.63, 3.8) is 0 Å². The van der Waals surface area contributed by atoms with E-state index >= 15 is 0 Å². The van der Waals surface area contributed by atoms with Gasteiger partial charge < -0.3 is 5.32 Å². The second-order valence-electron chi connectivity index (χ2n) is 6.78. The SMILES string of the molecule is C=CCCCC(NCCC)C1CCC(C)(C)CC1. The average molecular weight is 251 g/mol. The van der Waals surface area contributed by atoms with Crippen LogP contribution in [0.15, 0.2) is 12.7 Å². The highest BCUT2D eigenvalue weighted by Gasteiger charge is 2.30. The van der Waals surface area contributed by atoms with Gasteiger partial charge in [0.2, 0.25) is 0 Å². The van der Waals surface area contributed by atoms with Gasteiger partial charge in [0.15, 0.2) is 0 Å². The van der Waals surface area contributed by atoms with Crippen LogP contribution in [-0.2, 0) is 0 Å². The normalized spacial score (nSPS) is 21.7. The van der Waals surface area contributed by atoms with Gasteiger partial charge in [0.1, 0.15) is 0 Å². The Kier molecular flexibility index (Phi) is 6.99. The Morgan fingerprint density at radius 2 is 2.00 bits per heavy atom. The molecule has 0 heterocycles. The first-order valence-electron chi connectivity index (χ1n) is 7.93. The van der Waals surface area contributed by atoms with E-state index in [1.165, 1.54) is 57.9 Å². The minimum Gasteiger partial charge on any atom is -0.314 e.